The molecule has 1 aliphatic rings. The van der Waals surface area contributed by atoms with Crippen LogP contribution >= 0.6 is 23.2 Å². The Bertz CT molecular complexity index is 660. The fourth-order valence-corrected chi connectivity index (χ4v) is 2.64. The third kappa shape index (κ3) is 2.49. The number of fused-ring (bicyclic) bond motifs is 1. The van der Waals surface area contributed by atoms with Crippen LogP contribution in [0.3, 0.4) is 0 Å². The van der Waals surface area contributed by atoms with Crippen LogP contribution in [0.5, 0.6) is 5.75 Å². The predicted molar refractivity (Wildman–Crippen MR) is 75.8 cm³/mol. The first-order valence-corrected chi connectivity index (χ1v) is 6.89. The van der Waals surface area contributed by atoms with Gasteiger partial charge in [-0.1, -0.05) is 29.3 Å². The molecular weight excluding hydrogens is 302 g/mol. The molecule has 0 radical (unpaired) electrons. The molecule has 20 heavy (non-hydrogen) atoms. The fourth-order valence-electron chi connectivity index (χ4n) is 2.33. The van der Waals surface area contributed by atoms with Crippen LogP contribution in [0.2, 0.25) is 10.0 Å². The van der Waals surface area contributed by atoms with Crippen molar-refractivity contribution in [2.75, 3.05) is 0 Å². The van der Waals surface area contributed by atoms with Crippen LogP contribution in [0.25, 0.3) is 0 Å². The summed E-state index contributed by atoms with van der Waals surface area (Å²) in [5, 5.41) is 11.0. The van der Waals surface area contributed by atoms with Crippen molar-refractivity contribution in [1.82, 2.24) is 0 Å². The van der Waals surface area contributed by atoms with Crippen LogP contribution in [0, 0.1) is 5.82 Å². The van der Waals surface area contributed by atoms with Gasteiger partial charge in [-0.2, -0.15) is 0 Å². The lowest BCUT2D eigenvalue weighted by Crippen LogP contribution is -2.19. The van der Waals surface area contributed by atoms with Gasteiger partial charge in [-0.25, -0.2) is 4.39 Å². The lowest BCUT2D eigenvalue weighted by molar-refractivity contribution is 0.0653. The van der Waals surface area contributed by atoms with Gasteiger partial charge in [-0.15, -0.1) is 0 Å². The van der Waals surface area contributed by atoms with E-state index in [9.17, 15) is 9.50 Å². The molecule has 3 rings (SSSR count). The Morgan fingerprint density at radius 3 is 2.65 bits per heavy atom. The van der Waals surface area contributed by atoms with Gasteiger partial charge in [0.25, 0.3) is 0 Å². The molecule has 1 unspecified atom stereocenters. The second-order valence-electron chi connectivity index (χ2n) is 4.71. The zero-order chi connectivity index (χ0) is 14.3. The minimum absolute atomic E-state index is 0.335. The number of hydrogen-bond acceptors (Lipinski definition) is 2. The molecule has 0 aromatic heterocycles. The number of rotatable bonds is 1. The molecule has 0 saturated heterocycles. The molecule has 0 bridgehead atoms. The van der Waals surface area contributed by atoms with E-state index in [1.54, 1.807) is 18.2 Å². The molecule has 0 aliphatic carbocycles. The van der Waals surface area contributed by atoms with Crippen molar-refractivity contribution in [3.63, 3.8) is 0 Å². The minimum Gasteiger partial charge on any atom is -0.485 e. The van der Waals surface area contributed by atoms with E-state index in [2.05, 4.69) is 0 Å². The fraction of sp³-hybridized carbons (Fsp3) is 0.200. The van der Waals surface area contributed by atoms with Crippen LogP contribution < -0.4 is 4.74 Å². The highest BCUT2D eigenvalue weighted by atomic mass is 35.5. The second-order valence-corrected chi connectivity index (χ2v) is 5.53. The smallest absolute Gasteiger partial charge is 0.127 e. The topological polar surface area (TPSA) is 29.5 Å². The van der Waals surface area contributed by atoms with E-state index < -0.39 is 6.10 Å². The van der Waals surface area contributed by atoms with Crippen molar-refractivity contribution in [1.29, 1.82) is 0 Å². The van der Waals surface area contributed by atoms with E-state index in [1.807, 2.05) is 0 Å². The SMILES string of the molecule is O[C@@H]1CC(c2ccc(Cl)c(Cl)c2)Oc2ccc(F)cc21. The van der Waals surface area contributed by atoms with E-state index in [4.69, 9.17) is 27.9 Å². The summed E-state index contributed by atoms with van der Waals surface area (Å²) in [5.41, 5.74) is 1.30. The molecule has 1 aliphatic heterocycles. The Hall–Kier alpha value is -1.29. The van der Waals surface area contributed by atoms with Gasteiger partial charge in [-0.3, -0.25) is 0 Å². The van der Waals surface area contributed by atoms with Gasteiger partial charge < -0.3 is 9.84 Å². The molecular formula is C15H11Cl2FO2. The van der Waals surface area contributed by atoms with Crippen molar-refractivity contribution in [3.8, 4) is 5.75 Å². The van der Waals surface area contributed by atoms with Crippen LogP contribution in [0.4, 0.5) is 4.39 Å². The summed E-state index contributed by atoms with van der Waals surface area (Å²) in [6, 6.07) is 9.34. The maximum atomic E-state index is 13.2. The Kier molecular flexibility index (Phi) is 3.59. The highest BCUT2D eigenvalue weighted by Crippen LogP contribution is 2.41. The summed E-state index contributed by atoms with van der Waals surface area (Å²) in [5.74, 6) is 0.0978. The Labute approximate surface area is 125 Å². The van der Waals surface area contributed by atoms with Gasteiger partial charge >= 0.3 is 0 Å². The predicted octanol–water partition coefficient (Wildman–Crippen LogP) is 4.69. The average Bonchev–Trinajstić information content (AvgIpc) is 2.42. The molecule has 2 nitrogen and oxygen atoms in total. The Morgan fingerprint density at radius 1 is 1.10 bits per heavy atom. The maximum Gasteiger partial charge on any atom is 0.127 e. The third-order valence-electron chi connectivity index (χ3n) is 3.35. The average molecular weight is 313 g/mol. The maximum absolute atomic E-state index is 13.2. The number of aliphatic hydroxyl groups is 1. The first-order valence-electron chi connectivity index (χ1n) is 6.13. The first kappa shape index (κ1) is 13.7. The molecule has 0 saturated carbocycles. The molecule has 1 heterocycles. The first-order chi connectivity index (χ1) is 9.54. The van der Waals surface area contributed by atoms with Gasteiger partial charge in [-0.05, 0) is 35.9 Å². The summed E-state index contributed by atoms with van der Waals surface area (Å²) < 4.78 is 19.0. The van der Waals surface area contributed by atoms with Crippen molar-refractivity contribution >= 4 is 23.2 Å². The summed E-state index contributed by atoms with van der Waals surface area (Å²) >= 11 is 11.9. The normalized spacial score (nSPS) is 21.2. The minimum atomic E-state index is -0.770. The zero-order valence-electron chi connectivity index (χ0n) is 10.3. The lowest BCUT2D eigenvalue weighted by Gasteiger charge is -2.30. The van der Waals surface area contributed by atoms with E-state index in [0.717, 1.165) is 5.56 Å². The zero-order valence-corrected chi connectivity index (χ0v) is 11.8. The second kappa shape index (κ2) is 5.24. The van der Waals surface area contributed by atoms with Gasteiger partial charge in [0.15, 0.2) is 0 Å². The molecule has 2 aromatic carbocycles. The van der Waals surface area contributed by atoms with Crippen LogP contribution in [0.15, 0.2) is 36.4 Å². The van der Waals surface area contributed by atoms with Gasteiger partial charge in [0.05, 0.1) is 16.1 Å². The highest BCUT2D eigenvalue weighted by molar-refractivity contribution is 6.42. The van der Waals surface area contributed by atoms with Crippen molar-refractivity contribution in [2.45, 2.75) is 18.6 Å². The Balaban J connectivity index is 1.94. The molecule has 0 spiro atoms. The quantitative estimate of drug-likeness (QED) is 0.827. The number of halogens is 3. The standard InChI is InChI=1S/C15H11Cl2FO2/c16-11-3-1-8(5-12(11)17)15-7-13(19)10-6-9(18)2-4-14(10)20-15/h1-6,13,15,19H,7H2/t13-,15?/m1/s1. The number of benzene rings is 2. The van der Waals surface area contributed by atoms with Crippen LogP contribution in [0.1, 0.15) is 29.8 Å². The van der Waals surface area contributed by atoms with Crippen molar-refractivity contribution in [2.24, 2.45) is 0 Å². The summed E-state index contributed by atoms with van der Waals surface area (Å²) in [4.78, 5) is 0. The summed E-state index contributed by atoms with van der Waals surface area (Å²) in [7, 11) is 0. The number of ether oxygens (including phenoxy) is 1. The summed E-state index contributed by atoms with van der Waals surface area (Å²) in [6.45, 7) is 0. The summed E-state index contributed by atoms with van der Waals surface area (Å²) in [6.07, 6.45) is -0.763. The molecule has 5 heteroatoms. The Morgan fingerprint density at radius 2 is 1.90 bits per heavy atom. The molecule has 0 amide bonds. The molecule has 1 N–H and O–H groups in total. The van der Waals surface area contributed by atoms with Crippen LogP contribution in [-0.4, -0.2) is 5.11 Å². The third-order valence-corrected chi connectivity index (χ3v) is 4.09. The van der Waals surface area contributed by atoms with Gasteiger partial charge in [0.1, 0.15) is 17.7 Å². The molecule has 104 valence electrons. The van der Waals surface area contributed by atoms with Crippen molar-refractivity contribution in [3.05, 3.63) is 63.4 Å². The van der Waals surface area contributed by atoms with E-state index in [1.165, 1.54) is 18.2 Å². The van der Waals surface area contributed by atoms with E-state index >= 15 is 0 Å². The van der Waals surface area contributed by atoms with Gasteiger partial charge in [0, 0.05) is 12.0 Å². The highest BCUT2D eigenvalue weighted by Gasteiger charge is 2.28. The van der Waals surface area contributed by atoms with E-state index in [-0.39, 0.29) is 11.9 Å². The van der Waals surface area contributed by atoms with Gasteiger partial charge in [0.2, 0.25) is 0 Å². The molecule has 2 atom stereocenters. The van der Waals surface area contributed by atoms with E-state index in [0.29, 0.717) is 27.8 Å². The number of aliphatic hydroxyl groups excluding tert-OH is 1. The van der Waals surface area contributed by atoms with Crippen molar-refractivity contribution < 1.29 is 14.2 Å². The molecule has 0 fully saturated rings. The number of hydrogen-bond donors (Lipinski definition) is 1. The monoisotopic (exact) mass is 312 g/mol. The lowest BCUT2D eigenvalue weighted by atomic mass is 9.95. The largest absolute Gasteiger partial charge is 0.485 e. The van der Waals surface area contributed by atoms with Crippen LogP contribution in [-0.2, 0) is 0 Å². The molecule has 2 aromatic rings.